The summed E-state index contributed by atoms with van der Waals surface area (Å²) in [5, 5.41) is 19.8. The molecule has 0 amide bonds. The van der Waals surface area contributed by atoms with Crippen molar-refractivity contribution in [1.29, 1.82) is 0 Å². The highest BCUT2D eigenvalue weighted by Crippen LogP contribution is 2.22. The van der Waals surface area contributed by atoms with Crippen LogP contribution in [0.25, 0.3) is 0 Å². The van der Waals surface area contributed by atoms with Crippen LogP contribution >= 0.6 is 23.2 Å². The summed E-state index contributed by atoms with van der Waals surface area (Å²) >= 11 is 11.9. The summed E-state index contributed by atoms with van der Waals surface area (Å²) in [7, 11) is -1.58. The van der Waals surface area contributed by atoms with Gasteiger partial charge in [0.05, 0.1) is 0 Å². The SMILES string of the molecule is Cc1ccc(OCc2ccc(Cl)cc2Cl)c(B(O)O)c1. The van der Waals surface area contributed by atoms with Crippen LogP contribution in [-0.4, -0.2) is 17.2 Å². The Morgan fingerprint density at radius 2 is 1.85 bits per heavy atom. The Bertz CT molecular complexity index is 617. The zero-order valence-corrected chi connectivity index (χ0v) is 12.3. The molecule has 20 heavy (non-hydrogen) atoms. The first-order valence-electron chi connectivity index (χ1n) is 6.01. The van der Waals surface area contributed by atoms with E-state index >= 15 is 0 Å². The van der Waals surface area contributed by atoms with E-state index in [0.29, 0.717) is 21.3 Å². The number of rotatable bonds is 4. The maximum atomic E-state index is 9.35. The van der Waals surface area contributed by atoms with E-state index in [4.69, 9.17) is 27.9 Å². The second-order valence-electron chi connectivity index (χ2n) is 4.44. The molecule has 0 aliphatic rings. The Balaban J connectivity index is 2.18. The molecule has 2 N–H and O–H groups in total. The maximum Gasteiger partial charge on any atom is 0.492 e. The topological polar surface area (TPSA) is 49.7 Å². The normalized spacial score (nSPS) is 10.4. The molecule has 0 atom stereocenters. The number of benzene rings is 2. The van der Waals surface area contributed by atoms with Crippen molar-refractivity contribution in [3.63, 3.8) is 0 Å². The molecule has 0 fully saturated rings. The molecule has 0 saturated carbocycles. The molecular formula is C14H13BCl2O3. The average Bonchev–Trinajstić information content (AvgIpc) is 2.38. The van der Waals surface area contributed by atoms with Crippen molar-refractivity contribution < 1.29 is 14.8 Å². The summed E-state index contributed by atoms with van der Waals surface area (Å²) < 4.78 is 5.61. The van der Waals surface area contributed by atoms with Crippen molar-refractivity contribution in [2.45, 2.75) is 13.5 Å². The number of aryl methyl sites for hydroxylation is 1. The molecule has 0 spiro atoms. The van der Waals surface area contributed by atoms with Crippen LogP contribution in [0, 0.1) is 6.92 Å². The van der Waals surface area contributed by atoms with Gasteiger partial charge in [-0.05, 0) is 25.1 Å². The molecule has 2 aromatic rings. The third kappa shape index (κ3) is 3.67. The Morgan fingerprint density at radius 3 is 2.50 bits per heavy atom. The van der Waals surface area contributed by atoms with Crippen molar-refractivity contribution in [2.75, 3.05) is 0 Å². The minimum Gasteiger partial charge on any atom is -0.489 e. The second-order valence-corrected chi connectivity index (χ2v) is 5.28. The van der Waals surface area contributed by atoms with Gasteiger partial charge in [-0.15, -0.1) is 0 Å². The van der Waals surface area contributed by atoms with Gasteiger partial charge in [-0.1, -0.05) is 47.0 Å². The zero-order valence-electron chi connectivity index (χ0n) is 10.8. The van der Waals surface area contributed by atoms with E-state index in [1.807, 2.05) is 13.0 Å². The molecule has 0 aromatic heterocycles. The van der Waals surface area contributed by atoms with E-state index in [1.165, 1.54) is 0 Å². The number of hydrogen-bond donors (Lipinski definition) is 2. The summed E-state index contributed by atoms with van der Waals surface area (Å²) in [4.78, 5) is 0. The largest absolute Gasteiger partial charge is 0.492 e. The molecular weight excluding hydrogens is 298 g/mol. The van der Waals surface area contributed by atoms with Crippen molar-refractivity contribution in [1.82, 2.24) is 0 Å². The summed E-state index contributed by atoms with van der Waals surface area (Å²) in [6.07, 6.45) is 0. The lowest BCUT2D eigenvalue weighted by Gasteiger charge is -2.12. The minimum atomic E-state index is -1.58. The van der Waals surface area contributed by atoms with Crippen LogP contribution in [0.15, 0.2) is 36.4 Å². The highest BCUT2D eigenvalue weighted by atomic mass is 35.5. The Hall–Kier alpha value is -1.20. The van der Waals surface area contributed by atoms with E-state index < -0.39 is 7.12 Å². The van der Waals surface area contributed by atoms with Crippen molar-refractivity contribution in [2.24, 2.45) is 0 Å². The van der Waals surface area contributed by atoms with Crippen molar-refractivity contribution >= 4 is 35.8 Å². The zero-order chi connectivity index (χ0) is 14.7. The van der Waals surface area contributed by atoms with Crippen LogP contribution in [0.1, 0.15) is 11.1 Å². The van der Waals surface area contributed by atoms with Gasteiger partial charge in [0, 0.05) is 21.1 Å². The highest BCUT2D eigenvalue weighted by molar-refractivity contribution is 6.59. The molecule has 0 bridgehead atoms. The quantitative estimate of drug-likeness (QED) is 0.853. The van der Waals surface area contributed by atoms with Gasteiger partial charge in [-0.2, -0.15) is 0 Å². The molecule has 0 aliphatic heterocycles. The van der Waals surface area contributed by atoms with E-state index in [9.17, 15) is 10.0 Å². The number of ether oxygens (including phenoxy) is 1. The van der Waals surface area contributed by atoms with Crippen LogP contribution in [0.3, 0.4) is 0 Å². The second kappa shape index (κ2) is 6.50. The van der Waals surface area contributed by atoms with Gasteiger partial charge in [-0.25, -0.2) is 0 Å². The summed E-state index contributed by atoms with van der Waals surface area (Å²) in [6, 6.07) is 10.3. The predicted octanol–water partition coefficient (Wildman–Crippen LogP) is 2.56. The van der Waals surface area contributed by atoms with Crippen molar-refractivity contribution in [3.05, 3.63) is 57.6 Å². The van der Waals surface area contributed by atoms with E-state index in [2.05, 4.69) is 0 Å². The first-order valence-corrected chi connectivity index (χ1v) is 6.76. The number of hydrogen-bond acceptors (Lipinski definition) is 3. The standard InChI is InChI=1S/C14H13BCl2O3/c1-9-2-5-14(12(6-9)15(18)19)20-8-10-3-4-11(16)7-13(10)17/h2-7,18-19H,8H2,1H3. The Kier molecular flexibility index (Phi) is 4.94. The molecule has 2 rings (SSSR count). The van der Waals surface area contributed by atoms with E-state index in [-0.39, 0.29) is 6.61 Å². The third-order valence-corrected chi connectivity index (χ3v) is 3.43. The lowest BCUT2D eigenvalue weighted by Crippen LogP contribution is -2.31. The van der Waals surface area contributed by atoms with Gasteiger partial charge < -0.3 is 14.8 Å². The van der Waals surface area contributed by atoms with Crippen LogP contribution in [0.4, 0.5) is 0 Å². The van der Waals surface area contributed by atoms with Gasteiger partial charge >= 0.3 is 7.12 Å². The maximum absolute atomic E-state index is 9.35. The fraction of sp³-hybridized carbons (Fsp3) is 0.143. The summed E-state index contributed by atoms with van der Waals surface area (Å²) in [6.45, 7) is 2.09. The third-order valence-electron chi connectivity index (χ3n) is 2.84. The van der Waals surface area contributed by atoms with Crippen molar-refractivity contribution in [3.8, 4) is 5.75 Å². The molecule has 6 heteroatoms. The number of halogens is 2. The molecule has 3 nitrogen and oxygen atoms in total. The molecule has 0 saturated heterocycles. The first-order chi connectivity index (χ1) is 9.47. The summed E-state index contributed by atoms with van der Waals surface area (Å²) in [5.41, 5.74) is 2.02. The molecule has 0 heterocycles. The molecule has 0 aliphatic carbocycles. The lowest BCUT2D eigenvalue weighted by molar-refractivity contribution is 0.306. The van der Waals surface area contributed by atoms with Crippen LogP contribution < -0.4 is 10.2 Å². The molecule has 0 radical (unpaired) electrons. The van der Waals surface area contributed by atoms with Crippen LogP contribution in [0.5, 0.6) is 5.75 Å². The molecule has 104 valence electrons. The van der Waals surface area contributed by atoms with E-state index in [1.54, 1.807) is 30.3 Å². The predicted molar refractivity (Wildman–Crippen MR) is 81.8 cm³/mol. The minimum absolute atomic E-state index is 0.221. The van der Waals surface area contributed by atoms with Gasteiger partial charge in [0.2, 0.25) is 0 Å². The van der Waals surface area contributed by atoms with Crippen LogP contribution in [-0.2, 0) is 6.61 Å². The Labute approximate surface area is 127 Å². The average molecular weight is 311 g/mol. The molecule has 0 unspecified atom stereocenters. The molecule has 2 aromatic carbocycles. The summed E-state index contributed by atoms with van der Waals surface area (Å²) in [5.74, 6) is 0.414. The smallest absolute Gasteiger partial charge is 0.489 e. The lowest BCUT2D eigenvalue weighted by atomic mass is 9.79. The first kappa shape index (κ1) is 15.2. The fourth-order valence-electron chi connectivity index (χ4n) is 1.80. The monoisotopic (exact) mass is 310 g/mol. The Morgan fingerprint density at radius 1 is 1.10 bits per heavy atom. The highest BCUT2D eigenvalue weighted by Gasteiger charge is 2.17. The van der Waals surface area contributed by atoms with Gasteiger partial charge in [-0.3, -0.25) is 0 Å². The fourth-order valence-corrected chi connectivity index (χ4v) is 2.26. The van der Waals surface area contributed by atoms with Gasteiger partial charge in [0.1, 0.15) is 12.4 Å². The van der Waals surface area contributed by atoms with Crippen LogP contribution in [0.2, 0.25) is 10.0 Å². The van der Waals surface area contributed by atoms with E-state index in [0.717, 1.165) is 11.1 Å². The van der Waals surface area contributed by atoms with Gasteiger partial charge in [0.15, 0.2) is 0 Å². The van der Waals surface area contributed by atoms with Gasteiger partial charge in [0.25, 0.3) is 0 Å².